The lowest BCUT2D eigenvalue weighted by Gasteiger charge is -2.03. The van der Waals surface area contributed by atoms with Gasteiger partial charge >= 0.3 is 0 Å². The van der Waals surface area contributed by atoms with Crippen LogP contribution in [0.4, 0.5) is 0 Å². The molecular weight excluding hydrogens is 230 g/mol. The Bertz CT molecular complexity index is 478. The summed E-state index contributed by atoms with van der Waals surface area (Å²) in [6.45, 7) is 3.08. The summed E-state index contributed by atoms with van der Waals surface area (Å²) in [5, 5.41) is 4.38. The van der Waals surface area contributed by atoms with Crippen molar-refractivity contribution >= 4 is 17.4 Å². The fourth-order valence-corrected chi connectivity index (χ4v) is 2.90. The van der Waals surface area contributed by atoms with E-state index in [9.17, 15) is 0 Å². The SMILES string of the molecule is CCCCSc1nc2ccccn2c1CNC. The van der Waals surface area contributed by atoms with E-state index in [1.165, 1.54) is 23.6 Å². The Labute approximate surface area is 107 Å². The quantitative estimate of drug-likeness (QED) is 0.630. The summed E-state index contributed by atoms with van der Waals surface area (Å²) in [5.74, 6) is 1.15. The molecular formula is C13H19N3S. The minimum Gasteiger partial charge on any atom is -0.314 e. The van der Waals surface area contributed by atoms with Gasteiger partial charge in [0.25, 0.3) is 0 Å². The molecule has 0 aliphatic carbocycles. The van der Waals surface area contributed by atoms with Crippen LogP contribution in [0.5, 0.6) is 0 Å². The van der Waals surface area contributed by atoms with Gasteiger partial charge in [-0.2, -0.15) is 0 Å². The van der Waals surface area contributed by atoms with Crippen molar-refractivity contribution in [3.63, 3.8) is 0 Å². The molecule has 0 saturated carbocycles. The molecule has 2 aromatic heterocycles. The van der Waals surface area contributed by atoms with Crippen LogP contribution in [-0.2, 0) is 6.54 Å². The van der Waals surface area contributed by atoms with E-state index in [0.717, 1.165) is 17.9 Å². The van der Waals surface area contributed by atoms with Crippen LogP contribution in [-0.4, -0.2) is 22.2 Å². The number of imidazole rings is 1. The van der Waals surface area contributed by atoms with Gasteiger partial charge in [0.05, 0.1) is 5.69 Å². The first-order valence-corrected chi connectivity index (χ1v) is 7.08. The molecule has 3 nitrogen and oxygen atoms in total. The maximum Gasteiger partial charge on any atom is 0.138 e. The smallest absolute Gasteiger partial charge is 0.138 e. The predicted molar refractivity (Wildman–Crippen MR) is 73.6 cm³/mol. The van der Waals surface area contributed by atoms with Crippen LogP contribution in [0.25, 0.3) is 5.65 Å². The number of nitrogens with zero attached hydrogens (tertiary/aromatic N) is 2. The highest BCUT2D eigenvalue weighted by molar-refractivity contribution is 7.99. The molecule has 0 saturated heterocycles. The molecule has 0 fully saturated rings. The van der Waals surface area contributed by atoms with Crippen molar-refractivity contribution in [1.82, 2.24) is 14.7 Å². The van der Waals surface area contributed by atoms with Crippen LogP contribution in [0.3, 0.4) is 0 Å². The monoisotopic (exact) mass is 249 g/mol. The Hall–Kier alpha value is -1.00. The molecule has 4 heteroatoms. The number of pyridine rings is 1. The van der Waals surface area contributed by atoms with Crippen molar-refractivity contribution < 1.29 is 0 Å². The van der Waals surface area contributed by atoms with Gasteiger partial charge in [-0.1, -0.05) is 19.4 Å². The van der Waals surface area contributed by atoms with Gasteiger partial charge in [-0.25, -0.2) is 4.98 Å². The van der Waals surface area contributed by atoms with Crippen molar-refractivity contribution in [3.05, 3.63) is 30.1 Å². The summed E-state index contributed by atoms with van der Waals surface area (Å²) in [6, 6.07) is 6.14. The minimum atomic E-state index is 0.861. The summed E-state index contributed by atoms with van der Waals surface area (Å²) in [4.78, 5) is 4.69. The van der Waals surface area contributed by atoms with Crippen LogP contribution < -0.4 is 5.32 Å². The molecule has 2 aromatic rings. The van der Waals surface area contributed by atoms with Crippen LogP contribution in [0.1, 0.15) is 25.5 Å². The van der Waals surface area contributed by atoms with Crippen molar-refractivity contribution in [2.75, 3.05) is 12.8 Å². The van der Waals surface area contributed by atoms with Crippen molar-refractivity contribution in [1.29, 1.82) is 0 Å². The average molecular weight is 249 g/mol. The van der Waals surface area contributed by atoms with Crippen molar-refractivity contribution in [2.24, 2.45) is 0 Å². The average Bonchev–Trinajstić information content (AvgIpc) is 2.69. The minimum absolute atomic E-state index is 0.861. The summed E-state index contributed by atoms with van der Waals surface area (Å²) in [6.07, 6.45) is 4.57. The molecule has 0 bridgehead atoms. The summed E-state index contributed by atoms with van der Waals surface area (Å²) in [7, 11) is 1.98. The summed E-state index contributed by atoms with van der Waals surface area (Å²) >= 11 is 1.87. The van der Waals surface area contributed by atoms with Crippen molar-refractivity contribution in [2.45, 2.75) is 31.3 Å². The van der Waals surface area contributed by atoms with Gasteiger partial charge in [-0.3, -0.25) is 0 Å². The molecule has 0 radical (unpaired) electrons. The molecule has 0 unspecified atom stereocenters. The molecule has 0 atom stereocenters. The van der Waals surface area contributed by atoms with E-state index in [2.05, 4.69) is 33.9 Å². The zero-order valence-corrected chi connectivity index (χ0v) is 11.3. The molecule has 2 heterocycles. The van der Waals surface area contributed by atoms with Gasteiger partial charge in [-0.05, 0) is 31.4 Å². The Morgan fingerprint density at radius 2 is 2.29 bits per heavy atom. The third-order valence-electron chi connectivity index (χ3n) is 2.67. The maximum absolute atomic E-state index is 4.69. The topological polar surface area (TPSA) is 29.3 Å². The second kappa shape index (κ2) is 6.07. The number of thioether (sulfide) groups is 1. The van der Waals surface area contributed by atoms with E-state index in [0.29, 0.717) is 0 Å². The van der Waals surface area contributed by atoms with E-state index in [-0.39, 0.29) is 0 Å². The fraction of sp³-hybridized carbons (Fsp3) is 0.462. The summed E-state index contributed by atoms with van der Waals surface area (Å²) in [5.41, 5.74) is 2.31. The van der Waals surface area contributed by atoms with Crippen LogP contribution in [0, 0.1) is 0 Å². The lowest BCUT2D eigenvalue weighted by molar-refractivity contribution is 0.763. The number of rotatable bonds is 6. The van der Waals surface area contributed by atoms with E-state index in [1.54, 1.807) is 0 Å². The van der Waals surface area contributed by atoms with E-state index >= 15 is 0 Å². The van der Waals surface area contributed by atoms with Crippen LogP contribution >= 0.6 is 11.8 Å². The zero-order chi connectivity index (χ0) is 12.1. The Morgan fingerprint density at radius 1 is 1.41 bits per heavy atom. The first kappa shape index (κ1) is 12.5. The molecule has 17 heavy (non-hydrogen) atoms. The second-order valence-corrected chi connectivity index (χ2v) is 5.11. The highest BCUT2D eigenvalue weighted by Gasteiger charge is 2.10. The molecule has 0 spiro atoms. The standard InChI is InChI=1S/C13H19N3S/c1-3-4-9-17-13-11(10-14-2)16-8-6-5-7-12(16)15-13/h5-8,14H,3-4,9-10H2,1-2H3. The third kappa shape index (κ3) is 2.82. The first-order chi connectivity index (χ1) is 8.36. The van der Waals surface area contributed by atoms with Gasteiger partial charge in [-0.15, -0.1) is 11.8 Å². The van der Waals surface area contributed by atoms with E-state index < -0.39 is 0 Å². The van der Waals surface area contributed by atoms with E-state index in [4.69, 9.17) is 0 Å². The van der Waals surface area contributed by atoms with Crippen molar-refractivity contribution in [3.8, 4) is 0 Å². The molecule has 0 aliphatic rings. The highest BCUT2D eigenvalue weighted by Crippen LogP contribution is 2.24. The number of hydrogen-bond donors (Lipinski definition) is 1. The Morgan fingerprint density at radius 3 is 3.06 bits per heavy atom. The molecule has 0 aromatic carbocycles. The zero-order valence-electron chi connectivity index (χ0n) is 10.4. The fourth-order valence-electron chi connectivity index (χ4n) is 1.78. The Kier molecular flexibility index (Phi) is 4.45. The normalized spacial score (nSPS) is 11.2. The molecule has 0 aliphatic heterocycles. The van der Waals surface area contributed by atoms with Gasteiger partial charge in [0.15, 0.2) is 0 Å². The maximum atomic E-state index is 4.69. The van der Waals surface area contributed by atoms with Crippen LogP contribution in [0.2, 0.25) is 0 Å². The highest BCUT2D eigenvalue weighted by atomic mass is 32.2. The largest absolute Gasteiger partial charge is 0.314 e. The Balaban J connectivity index is 2.29. The second-order valence-electron chi connectivity index (χ2n) is 4.02. The molecule has 1 N–H and O–H groups in total. The number of aromatic nitrogens is 2. The summed E-state index contributed by atoms with van der Waals surface area (Å²) < 4.78 is 2.17. The third-order valence-corrected chi connectivity index (χ3v) is 3.77. The van der Waals surface area contributed by atoms with Gasteiger partial charge in [0.1, 0.15) is 10.7 Å². The lowest BCUT2D eigenvalue weighted by Crippen LogP contribution is -2.08. The number of fused-ring (bicyclic) bond motifs is 1. The predicted octanol–water partition coefficient (Wildman–Crippen LogP) is 2.95. The van der Waals surface area contributed by atoms with Crippen LogP contribution in [0.15, 0.2) is 29.4 Å². The number of nitrogens with one attached hydrogen (secondary N) is 1. The van der Waals surface area contributed by atoms with Gasteiger partial charge in [0.2, 0.25) is 0 Å². The molecule has 0 amide bonds. The van der Waals surface area contributed by atoms with Gasteiger partial charge < -0.3 is 9.72 Å². The lowest BCUT2D eigenvalue weighted by atomic mass is 10.4. The van der Waals surface area contributed by atoms with E-state index in [1.807, 2.05) is 30.9 Å². The van der Waals surface area contributed by atoms with Gasteiger partial charge in [0, 0.05) is 12.7 Å². The number of unbranched alkanes of at least 4 members (excludes halogenated alkanes) is 1. The number of hydrogen-bond acceptors (Lipinski definition) is 3. The molecule has 2 rings (SSSR count). The molecule has 92 valence electrons. The first-order valence-electron chi connectivity index (χ1n) is 6.10.